The van der Waals surface area contributed by atoms with Gasteiger partial charge in [0.2, 0.25) is 0 Å². The van der Waals surface area contributed by atoms with Crippen LogP contribution in [0.15, 0.2) is 57.7 Å². The Labute approximate surface area is 136 Å². The fourth-order valence-electron chi connectivity index (χ4n) is 2.13. The summed E-state index contributed by atoms with van der Waals surface area (Å²) in [5, 5.41) is 9.93. The molecule has 22 heavy (non-hydrogen) atoms. The summed E-state index contributed by atoms with van der Waals surface area (Å²) < 4.78 is 5.64. The van der Waals surface area contributed by atoms with Crippen molar-refractivity contribution in [3.8, 4) is 11.3 Å². The largest absolute Gasteiger partial charge is 0.478 e. The number of benzene rings is 2. The summed E-state index contributed by atoms with van der Waals surface area (Å²) in [5.74, 6) is -0.865. The van der Waals surface area contributed by atoms with E-state index in [0.717, 1.165) is 0 Å². The van der Waals surface area contributed by atoms with Gasteiger partial charge < -0.3 is 9.52 Å². The van der Waals surface area contributed by atoms with E-state index in [0.29, 0.717) is 10.6 Å². The number of hydrogen-bond donors (Lipinski definition) is 1. The first kappa shape index (κ1) is 16.1. The fraction of sp³-hybridized carbons (Fsp3) is 0. The lowest BCUT2D eigenvalue weighted by atomic mass is 10.1. The van der Waals surface area contributed by atoms with Gasteiger partial charge in [0, 0.05) is 16.7 Å². The Bertz CT molecular complexity index is 915. The Kier molecular flexibility index (Phi) is 4.54. The van der Waals surface area contributed by atoms with Crippen LogP contribution in [0.1, 0.15) is 10.4 Å². The summed E-state index contributed by atoms with van der Waals surface area (Å²) in [6, 6.07) is 12.6. The maximum Gasteiger partial charge on any atom is 0.339 e. The van der Waals surface area contributed by atoms with E-state index in [9.17, 15) is 14.7 Å². The van der Waals surface area contributed by atoms with E-state index in [1.165, 1.54) is 24.3 Å². The number of carboxylic acids is 1. The van der Waals surface area contributed by atoms with Crippen LogP contribution in [0.4, 0.5) is 0 Å². The van der Waals surface area contributed by atoms with Gasteiger partial charge in [-0.1, -0.05) is 29.8 Å². The summed E-state index contributed by atoms with van der Waals surface area (Å²) in [7, 11) is 0. The van der Waals surface area contributed by atoms with E-state index in [4.69, 9.17) is 16.0 Å². The molecule has 4 nitrogen and oxygen atoms in total. The van der Waals surface area contributed by atoms with Crippen molar-refractivity contribution < 1.29 is 14.3 Å². The van der Waals surface area contributed by atoms with Gasteiger partial charge in [-0.2, -0.15) is 0 Å². The molecule has 3 rings (SSSR count). The standard InChI is InChI=1S/C16H9ClO4.ClH/c17-10-4-1-3-9(7-10)14-8-13(18)11-5-2-6-12(16(19)20)15(11)21-14;/h1-8H,(H,19,20);1H. The first-order chi connectivity index (χ1) is 10.1. The van der Waals surface area contributed by atoms with Crippen LogP contribution >= 0.6 is 24.0 Å². The first-order valence-electron chi connectivity index (χ1n) is 6.12. The average Bonchev–Trinajstić information content (AvgIpc) is 2.46. The van der Waals surface area contributed by atoms with Crippen molar-refractivity contribution in [2.24, 2.45) is 0 Å². The molecule has 0 aliphatic carbocycles. The minimum Gasteiger partial charge on any atom is -0.478 e. The predicted molar refractivity (Wildman–Crippen MR) is 87.1 cm³/mol. The third kappa shape index (κ3) is 2.84. The monoisotopic (exact) mass is 336 g/mol. The molecule has 6 heteroatoms. The highest BCUT2D eigenvalue weighted by Crippen LogP contribution is 2.26. The molecule has 0 fully saturated rings. The third-order valence-electron chi connectivity index (χ3n) is 3.09. The summed E-state index contributed by atoms with van der Waals surface area (Å²) in [6.07, 6.45) is 0. The first-order valence-corrected chi connectivity index (χ1v) is 6.50. The van der Waals surface area contributed by atoms with Crippen LogP contribution < -0.4 is 5.43 Å². The highest BCUT2D eigenvalue weighted by atomic mass is 35.5. The average molecular weight is 337 g/mol. The second-order valence-electron chi connectivity index (χ2n) is 4.47. The van der Waals surface area contributed by atoms with Crippen molar-refractivity contribution in [1.29, 1.82) is 0 Å². The van der Waals surface area contributed by atoms with Gasteiger partial charge >= 0.3 is 5.97 Å². The van der Waals surface area contributed by atoms with Gasteiger partial charge in [-0.05, 0) is 24.3 Å². The SMILES string of the molecule is Cl.O=C(O)c1cccc2c(=O)cc(-c3cccc(Cl)c3)oc12. The Morgan fingerprint density at radius 1 is 1.09 bits per heavy atom. The highest BCUT2D eigenvalue weighted by Gasteiger charge is 2.14. The summed E-state index contributed by atoms with van der Waals surface area (Å²) in [6.45, 7) is 0. The van der Waals surface area contributed by atoms with Crippen LogP contribution in [0.3, 0.4) is 0 Å². The molecule has 2 aromatic carbocycles. The van der Waals surface area contributed by atoms with Gasteiger partial charge in [-0.25, -0.2) is 4.79 Å². The lowest BCUT2D eigenvalue weighted by Crippen LogP contribution is -2.04. The molecule has 1 heterocycles. The molecule has 0 aliphatic rings. The molecule has 0 radical (unpaired) electrons. The van der Waals surface area contributed by atoms with Gasteiger partial charge in [0.15, 0.2) is 11.0 Å². The van der Waals surface area contributed by atoms with Crippen LogP contribution in [-0.2, 0) is 0 Å². The Balaban J connectivity index is 0.00000176. The molecular weight excluding hydrogens is 327 g/mol. The molecule has 0 amide bonds. The number of para-hydroxylation sites is 1. The number of aromatic carboxylic acids is 1. The number of rotatable bonds is 2. The van der Waals surface area contributed by atoms with E-state index in [1.807, 2.05) is 0 Å². The van der Waals surface area contributed by atoms with Crippen molar-refractivity contribution in [3.05, 3.63) is 69.3 Å². The van der Waals surface area contributed by atoms with Gasteiger partial charge in [0.25, 0.3) is 0 Å². The van der Waals surface area contributed by atoms with Gasteiger partial charge in [-0.3, -0.25) is 4.79 Å². The third-order valence-corrected chi connectivity index (χ3v) is 3.33. The minimum atomic E-state index is -1.15. The molecule has 112 valence electrons. The maximum atomic E-state index is 12.1. The Morgan fingerprint density at radius 3 is 2.50 bits per heavy atom. The maximum absolute atomic E-state index is 12.1. The molecule has 1 aromatic heterocycles. The molecule has 3 aromatic rings. The van der Waals surface area contributed by atoms with Crippen molar-refractivity contribution in [1.82, 2.24) is 0 Å². The molecule has 0 saturated heterocycles. The van der Waals surface area contributed by atoms with E-state index < -0.39 is 5.97 Å². The van der Waals surface area contributed by atoms with E-state index in [1.54, 1.807) is 24.3 Å². The molecule has 1 N–H and O–H groups in total. The molecule has 0 spiro atoms. The summed E-state index contributed by atoms with van der Waals surface area (Å²) >= 11 is 5.92. The summed E-state index contributed by atoms with van der Waals surface area (Å²) in [4.78, 5) is 23.4. The van der Waals surface area contributed by atoms with Crippen LogP contribution in [0, 0.1) is 0 Å². The number of carboxylic acid groups (broad SMARTS) is 1. The summed E-state index contributed by atoms with van der Waals surface area (Å²) in [5.41, 5.74) is 0.331. The van der Waals surface area contributed by atoms with Crippen LogP contribution in [0.5, 0.6) is 0 Å². The van der Waals surface area contributed by atoms with Crippen molar-refractivity contribution in [3.63, 3.8) is 0 Å². The molecule has 0 aliphatic heterocycles. The molecular formula is C16H10Cl2O4. The smallest absolute Gasteiger partial charge is 0.339 e. The number of halogens is 2. The topological polar surface area (TPSA) is 67.5 Å². The van der Waals surface area contributed by atoms with Gasteiger partial charge in [0.05, 0.1) is 5.39 Å². The van der Waals surface area contributed by atoms with Crippen molar-refractivity contribution in [2.75, 3.05) is 0 Å². The van der Waals surface area contributed by atoms with Crippen LogP contribution in [0.2, 0.25) is 5.02 Å². The van der Waals surface area contributed by atoms with Crippen molar-refractivity contribution in [2.45, 2.75) is 0 Å². The normalized spacial score (nSPS) is 10.2. The highest BCUT2D eigenvalue weighted by molar-refractivity contribution is 6.30. The van der Waals surface area contributed by atoms with Crippen molar-refractivity contribution >= 4 is 40.9 Å². The zero-order chi connectivity index (χ0) is 15.0. The number of hydrogen-bond acceptors (Lipinski definition) is 3. The zero-order valence-corrected chi connectivity index (χ0v) is 12.6. The lowest BCUT2D eigenvalue weighted by molar-refractivity contribution is 0.0698. The molecule has 0 bridgehead atoms. The Morgan fingerprint density at radius 2 is 1.82 bits per heavy atom. The van der Waals surface area contributed by atoms with Gasteiger partial charge in [0.1, 0.15) is 11.3 Å². The lowest BCUT2D eigenvalue weighted by Gasteiger charge is -2.05. The number of fused-ring (bicyclic) bond motifs is 1. The second-order valence-corrected chi connectivity index (χ2v) is 4.91. The fourth-order valence-corrected chi connectivity index (χ4v) is 2.32. The second kappa shape index (κ2) is 6.22. The quantitative estimate of drug-likeness (QED) is 0.760. The zero-order valence-electron chi connectivity index (χ0n) is 11.1. The van der Waals surface area contributed by atoms with Crippen LogP contribution in [0.25, 0.3) is 22.3 Å². The minimum absolute atomic E-state index is 0. The molecule has 0 unspecified atom stereocenters. The molecule has 0 atom stereocenters. The molecule has 0 saturated carbocycles. The van der Waals surface area contributed by atoms with E-state index >= 15 is 0 Å². The predicted octanol–water partition coefficient (Wildman–Crippen LogP) is 4.23. The number of carbonyl (C=O) groups is 1. The van der Waals surface area contributed by atoms with E-state index in [-0.39, 0.29) is 40.1 Å². The van der Waals surface area contributed by atoms with Gasteiger partial charge in [-0.15, -0.1) is 12.4 Å². The Hall–Kier alpha value is -2.30. The van der Waals surface area contributed by atoms with Crippen LogP contribution in [-0.4, -0.2) is 11.1 Å². The van der Waals surface area contributed by atoms with E-state index in [2.05, 4.69) is 0 Å².